The molecule has 0 aromatic rings. The molecule has 0 spiro atoms. The largest absolute Gasteiger partial charge is 1.00 e. The van der Waals surface area contributed by atoms with Gasteiger partial charge in [0.05, 0.1) is 94.0 Å². The van der Waals surface area contributed by atoms with E-state index in [0.29, 0.717) is 121 Å². The number of likely N-dealkylation sites (tertiary alicyclic amines) is 3. The average Bonchev–Trinajstić information content (AvgIpc) is 0.828. The summed E-state index contributed by atoms with van der Waals surface area (Å²) in [6.07, 6.45) is 24.1. The molecule has 5 aliphatic heterocycles. The van der Waals surface area contributed by atoms with Gasteiger partial charge in [-0.3, -0.25) is 25.0 Å². The van der Waals surface area contributed by atoms with E-state index in [1.165, 1.54) is 50.1 Å². The molecule has 34 nitrogen and oxygen atoms in total. The van der Waals surface area contributed by atoms with Gasteiger partial charge in [0.2, 0.25) is 23.7 Å². The number of nitriles is 3. The van der Waals surface area contributed by atoms with Gasteiger partial charge >= 0.3 is 59.4 Å². The van der Waals surface area contributed by atoms with Crippen molar-refractivity contribution in [1.82, 2.24) is 56.8 Å². The molecule has 0 radical (unpaired) electrons. The van der Waals surface area contributed by atoms with Crippen molar-refractivity contribution in [2.75, 3.05) is 145 Å². The minimum absolute atomic E-state index is 0. The molecule has 8 rings (SSSR count). The number of thiocarbonyl (C=S) groups is 4. The average molecular weight is 2040 g/mol. The Bertz CT molecular complexity index is 3810. The Morgan fingerprint density at radius 1 is 0.489 bits per heavy atom. The first-order chi connectivity index (χ1) is 64.0. The molecule has 3 aliphatic carbocycles. The Kier molecular flexibility index (Phi) is 67.8. The number of rotatable bonds is 25. The SMILES string of the molecule is C1COCCN1.CC(C)(C)COC(=O)Cl.CC(C)(C)COC(=O)N=C=S.CC(C)(C)COC(=O)N=C=S.CCCN1CCC(C#N)(NC(=O)[C@@H](N)CC2CCCCC2)CC1.CCCN1CCC(C#N)(NC(=O)[C@H](CC2CCCCC2)N=C(NC(=O)OCC(C)(C)C)N2CCOCC2)CC1.CCCN1CCC(C#N)(NC(=O)[C@H](CC2CCCCC2)NC(=S)NC(=O)OCC(C)(C)C)CC1.[HH].[HH].[HH].[HH].[HH].[HH].[N-]=C=S.[Na+]. The van der Waals surface area contributed by atoms with Crippen LogP contribution in [0, 0.1) is 78.8 Å². The third-order valence-electron chi connectivity index (χ3n) is 22.9. The summed E-state index contributed by atoms with van der Waals surface area (Å²) in [6.45, 7) is 51.6. The summed E-state index contributed by atoms with van der Waals surface area (Å²) in [5.74, 6) is 1.12. The third kappa shape index (κ3) is 64.7. The number of ether oxygens (including phenoxy) is 7. The molecule has 0 aromatic heterocycles. The molecule has 0 unspecified atom stereocenters. The summed E-state index contributed by atoms with van der Waals surface area (Å²) >= 11 is 22.4. The Balaban J connectivity index is -0.000000322. The summed E-state index contributed by atoms with van der Waals surface area (Å²) < 4.78 is 35.2. The topological polar surface area (TPSA) is 455 Å². The van der Waals surface area contributed by atoms with E-state index in [9.17, 15) is 54.1 Å². The minimum atomic E-state index is -0.889. The van der Waals surface area contributed by atoms with Crippen LogP contribution in [0.1, 0.15) is 307 Å². The number of halogens is 1. The van der Waals surface area contributed by atoms with Crippen LogP contribution in [-0.2, 0) is 47.5 Å². The van der Waals surface area contributed by atoms with Crippen molar-refractivity contribution in [3.63, 3.8) is 0 Å². The molecule has 3 atom stereocenters. The number of hydrogen-bond acceptors (Lipinski definition) is 28. The number of alkyl carbamates (subject to hydrolysis) is 2. The zero-order chi connectivity index (χ0) is 102. The van der Waals surface area contributed by atoms with Gasteiger partial charge in [-0.25, -0.2) is 29.0 Å². The molecule has 7 amide bonds. The van der Waals surface area contributed by atoms with E-state index in [-0.39, 0.29) is 101 Å². The molecule has 5 heterocycles. The van der Waals surface area contributed by atoms with E-state index in [4.69, 9.17) is 68.4 Å². The van der Waals surface area contributed by atoms with Crippen LogP contribution in [0.3, 0.4) is 0 Å². The van der Waals surface area contributed by atoms with Crippen molar-refractivity contribution >= 4 is 135 Å². The summed E-state index contributed by atoms with van der Waals surface area (Å²) in [7, 11) is 0. The van der Waals surface area contributed by atoms with E-state index in [1.54, 1.807) is 0 Å². The van der Waals surface area contributed by atoms with Gasteiger partial charge in [-0.1, -0.05) is 233 Å². The maximum absolute atomic E-state index is 13.8. The molecule has 0 bridgehead atoms. The van der Waals surface area contributed by atoms with Crippen LogP contribution in [0.15, 0.2) is 15.0 Å². The van der Waals surface area contributed by atoms with Gasteiger partial charge < -0.3 is 90.5 Å². The van der Waals surface area contributed by atoms with Crippen LogP contribution in [-0.4, -0.2) is 273 Å². The van der Waals surface area contributed by atoms with E-state index in [0.717, 1.165) is 162 Å². The molecule has 0 aromatic carbocycles. The second kappa shape index (κ2) is 71.1. The van der Waals surface area contributed by atoms with E-state index in [2.05, 4.69) is 142 Å². The van der Waals surface area contributed by atoms with Crippen molar-refractivity contribution in [1.29, 1.82) is 15.8 Å². The number of nitrogens with zero attached hydrogens (tertiary/aromatic N) is 11. The predicted octanol–water partition coefficient (Wildman–Crippen LogP) is 15.4. The fraction of sp³-hybridized carbons (Fsp3) is 0.835. The first kappa shape index (κ1) is 131. The van der Waals surface area contributed by atoms with Gasteiger partial charge in [-0.15, -0.1) is 9.98 Å². The van der Waals surface area contributed by atoms with Crippen LogP contribution in [0.2, 0.25) is 0 Å². The molecule has 137 heavy (non-hydrogen) atoms. The molecule has 8 aliphatic rings. The molecule has 8 fully saturated rings. The van der Waals surface area contributed by atoms with Crippen molar-refractivity contribution in [3.8, 4) is 18.2 Å². The Hall–Kier alpha value is -6.40. The zero-order valence-electron chi connectivity index (χ0n) is 86.2. The summed E-state index contributed by atoms with van der Waals surface area (Å²) in [5, 5.41) is 62.8. The first-order valence-corrected chi connectivity index (χ1v) is 50.8. The minimum Gasteiger partial charge on any atom is -0.753 e. The number of guanidine groups is 1. The van der Waals surface area contributed by atoms with Gasteiger partial charge in [0.25, 0.3) is 0 Å². The van der Waals surface area contributed by atoms with E-state index in [1.807, 2.05) is 119 Å². The standard InChI is InChI=1S/C29H50N6O4.C25H43N5O3S.C18H32N4O.2C7H11NO2S.C6H11ClO2.C4H9NO.CNS.Na.6H2/c1-5-13-34-14-11-29(21-30,12-15-34)33-25(36)24(20-23-9-7-6-8-10-23)31-26(35-16-18-38-19-17-35)32-27(37)39-22-28(2,3)4;1-5-13-30-14-11-25(17-26,12-15-30)29-21(31)20(16-19-9-7-6-8-10-19)27-22(34)28-23(32)33-18-24(2,3)4;1-2-10-22-11-8-18(14-19,9-12-22)21-17(23)16(20)13-15-6-4-3-5-7-15;2*1-7(2,3)4-10-6(9)8-5-11;1-6(2,3)4-9-5(7)8;1-3-6-4-2-5-1;2-1-3;;;;;;;/h23-24H,5-20,22H2,1-4H3,(H,33,36)(H,31,32,37);19-20H,5-16,18H2,1-4H3,(H,29,31)(H2,27,28,32,34);15-16H,2-13,20H2,1H3,(H,21,23);2*4H2,1-3H3;4H2,1-3H3;5H,1-4H2;;;6*1H/q;;;;;;;-1;+1;;;;;;/t24-;20-;16-;;;;;;;;;;;;/m000............/s1. The number of hydrogen-bond donors (Lipinski definition) is 8. The van der Waals surface area contributed by atoms with Crippen LogP contribution in [0.5, 0.6) is 0 Å². The van der Waals surface area contributed by atoms with Crippen LogP contribution < -0.4 is 72.5 Å². The molecule has 784 valence electrons. The van der Waals surface area contributed by atoms with E-state index < -0.39 is 64.5 Å². The molecule has 40 heteroatoms. The predicted molar refractivity (Wildman–Crippen MR) is 561 cm³/mol. The summed E-state index contributed by atoms with van der Waals surface area (Å²) in [4.78, 5) is 116. The molecular weight excluding hydrogens is 1860 g/mol. The monoisotopic (exact) mass is 2040 g/mol. The van der Waals surface area contributed by atoms with Crippen molar-refractivity contribution in [2.24, 2.45) is 65.5 Å². The van der Waals surface area contributed by atoms with Crippen molar-refractivity contribution < 1.29 is 110 Å². The molecule has 9 N–H and O–H groups in total. The van der Waals surface area contributed by atoms with Gasteiger partial charge in [0.15, 0.2) is 5.11 Å². The fourth-order valence-electron chi connectivity index (χ4n) is 15.6. The summed E-state index contributed by atoms with van der Waals surface area (Å²) in [6, 6.07) is 5.37. The third-order valence-corrected chi connectivity index (χ3v) is 23.4. The second-order valence-corrected chi connectivity index (χ2v) is 43.5. The number of nitrogens with one attached hydrogen (secondary N) is 7. The fourth-order valence-corrected chi connectivity index (χ4v) is 16.1. The van der Waals surface area contributed by atoms with Gasteiger partial charge in [-0.05, 0) is 178 Å². The number of nitrogens with two attached hydrogens (primary N) is 1. The number of piperidine rings is 3. The van der Waals surface area contributed by atoms with Gasteiger partial charge in [0.1, 0.15) is 28.7 Å². The van der Waals surface area contributed by atoms with Crippen LogP contribution in [0.25, 0.3) is 5.41 Å². The Morgan fingerprint density at radius 3 is 1.12 bits per heavy atom. The number of amides is 7. The zero-order valence-corrected chi connectivity index (χ0v) is 92.3. The smallest absolute Gasteiger partial charge is 0.753 e. The number of isothiocyanates is 3. The quantitative estimate of drug-likeness (QED) is 0.0105. The number of carbonyl (C=O) groups excluding carboxylic acids is 8. The second-order valence-electron chi connectivity index (χ2n) is 42.2. The Morgan fingerprint density at radius 2 is 0.810 bits per heavy atom. The molecule has 3 saturated carbocycles. The molecular formula is C97H179ClN19NaO15S4. The van der Waals surface area contributed by atoms with Gasteiger partial charge in [-0.2, -0.15) is 20.9 Å². The Labute approximate surface area is 877 Å². The van der Waals surface area contributed by atoms with E-state index >= 15 is 0 Å². The van der Waals surface area contributed by atoms with Crippen molar-refractivity contribution in [3.05, 3.63) is 5.41 Å². The van der Waals surface area contributed by atoms with Gasteiger partial charge in [0, 0.05) is 85.6 Å². The summed E-state index contributed by atoms with van der Waals surface area (Å²) in [5.41, 5.74) is 2.52. The maximum Gasteiger partial charge on any atom is 1.00 e. The van der Waals surface area contributed by atoms with Crippen LogP contribution in [0.4, 0.5) is 24.0 Å². The maximum atomic E-state index is 13.8. The first-order valence-electron chi connectivity index (χ1n) is 48.8. The number of carbonyl (C=O) groups is 8. The number of aliphatic imine (C=N–C) groups is 3. The normalized spacial score (nSPS) is 18.7. The van der Waals surface area contributed by atoms with Crippen molar-refractivity contribution in [2.45, 2.75) is 333 Å². The van der Waals surface area contributed by atoms with Crippen LogP contribution >= 0.6 is 60.5 Å². The number of morpholine rings is 2. The molecule has 5 saturated heterocycles.